The first-order valence-corrected chi connectivity index (χ1v) is 6.65. The van der Waals surface area contributed by atoms with E-state index in [2.05, 4.69) is 0 Å². The molecule has 2 N–H and O–H groups in total. The number of ether oxygens (including phenoxy) is 1. The highest BCUT2D eigenvalue weighted by atomic mass is 35.5. The Balaban J connectivity index is 0.00000162. The number of amides is 1. The van der Waals surface area contributed by atoms with E-state index in [-0.39, 0.29) is 35.9 Å². The molecule has 2 aliphatic rings. The number of methoxy groups -OCH3 is 1. The molecule has 0 radical (unpaired) electrons. The Morgan fingerprint density at radius 1 is 1.39 bits per heavy atom. The molecule has 106 valence electrons. The zero-order valence-corrected chi connectivity index (χ0v) is 12.2. The van der Waals surface area contributed by atoms with E-state index in [4.69, 9.17) is 10.5 Å². The van der Waals surface area contributed by atoms with E-state index in [9.17, 15) is 4.79 Å². The van der Waals surface area contributed by atoms with Crippen molar-refractivity contribution in [3.63, 3.8) is 0 Å². The lowest BCUT2D eigenvalue weighted by Crippen LogP contribution is -2.53. The largest absolute Gasteiger partial charge is 0.380 e. The van der Waals surface area contributed by atoms with Crippen LogP contribution in [0.5, 0.6) is 0 Å². The summed E-state index contributed by atoms with van der Waals surface area (Å²) >= 11 is 0. The van der Waals surface area contributed by atoms with Crippen LogP contribution in [0, 0.1) is 5.92 Å². The zero-order valence-electron chi connectivity index (χ0n) is 11.4. The van der Waals surface area contributed by atoms with E-state index in [1.165, 1.54) is 0 Å². The first-order chi connectivity index (χ1) is 8.04. The van der Waals surface area contributed by atoms with Gasteiger partial charge in [0.1, 0.15) is 0 Å². The van der Waals surface area contributed by atoms with Crippen LogP contribution < -0.4 is 5.73 Å². The summed E-state index contributed by atoms with van der Waals surface area (Å²) in [4.78, 5) is 14.4. The van der Waals surface area contributed by atoms with Gasteiger partial charge in [0.15, 0.2) is 0 Å². The van der Waals surface area contributed by atoms with Gasteiger partial charge in [0, 0.05) is 25.7 Å². The van der Waals surface area contributed by atoms with Crippen molar-refractivity contribution in [1.29, 1.82) is 0 Å². The van der Waals surface area contributed by atoms with Gasteiger partial charge in [-0.2, -0.15) is 0 Å². The molecule has 2 fully saturated rings. The van der Waals surface area contributed by atoms with Crippen molar-refractivity contribution in [3.05, 3.63) is 0 Å². The molecule has 1 heterocycles. The van der Waals surface area contributed by atoms with E-state index in [1.807, 2.05) is 11.8 Å². The molecule has 1 aliphatic heterocycles. The normalized spacial score (nSPS) is 36.3. The van der Waals surface area contributed by atoms with Crippen LogP contribution >= 0.6 is 12.4 Å². The van der Waals surface area contributed by atoms with Crippen molar-refractivity contribution < 1.29 is 9.53 Å². The molecule has 2 rings (SSSR count). The third kappa shape index (κ3) is 3.16. The van der Waals surface area contributed by atoms with Crippen LogP contribution in [-0.4, -0.2) is 42.6 Å². The molecule has 0 aromatic heterocycles. The number of nitrogens with zero attached hydrogens (tertiary/aromatic N) is 1. The van der Waals surface area contributed by atoms with Gasteiger partial charge in [0.2, 0.25) is 5.91 Å². The van der Waals surface area contributed by atoms with Crippen molar-refractivity contribution in [2.75, 3.05) is 20.2 Å². The monoisotopic (exact) mass is 276 g/mol. The molecule has 18 heavy (non-hydrogen) atoms. The van der Waals surface area contributed by atoms with Crippen LogP contribution in [0.4, 0.5) is 0 Å². The summed E-state index contributed by atoms with van der Waals surface area (Å²) in [5, 5.41) is 0. The van der Waals surface area contributed by atoms with Gasteiger partial charge >= 0.3 is 0 Å². The Hall–Kier alpha value is -0.320. The smallest absolute Gasteiger partial charge is 0.227 e. The molecule has 0 aromatic rings. The lowest BCUT2D eigenvalue weighted by molar-refractivity contribution is -0.138. The van der Waals surface area contributed by atoms with Gasteiger partial charge in [0.05, 0.1) is 12.0 Å². The summed E-state index contributed by atoms with van der Waals surface area (Å²) < 4.78 is 5.31. The fraction of sp³-hybridized carbons (Fsp3) is 0.923. The number of rotatable bonds is 2. The number of likely N-dealkylation sites (tertiary alicyclic amines) is 1. The van der Waals surface area contributed by atoms with Gasteiger partial charge in [-0.3, -0.25) is 4.79 Å². The van der Waals surface area contributed by atoms with E-state index >= 15 is 0 Å². The van der Waals surface area contributed by atoms with Gasteiger partial charge in [-0.15, -0.1) is 12.4 Å². The molecule has 3 atom stereocenters. The van der Waals surface area contributed by atoms with Crippen molar-refractivity contribution >= 4 is 18.3 Å². The van der Waals surface area contributed by atoms with E-state index in [0.29, 0.717) is 0 Å². The summed E-state index contributed by atoms with van der Waals surface area (Å²) in [6.45, 7) is 3.59. The van der Waals surface area contributed by atoms with E-state index < -0.39 is 0 Å². The van der Waals surface area contributed by atoms with Crippen LogP contribution in [0.25, 0.3) is 0 Å². The molecule has 0 bridgehead atoms. The van der Waals surface area contributed by atoms with Gasteiger partial charge in [0.25, 0.3) is 0 Å². The average Bonchev–Trinajstić information content (AvgIpc) is 2.76. The molecular weight excluding hydrogens is 252 g/mol. The second-order valence-corrected chi connectivity index (χ2v) is 5.73. The Morgan fingerprint density at radius 2 is 2.11 bits per heavy atom. The molecule has 4 nitrogen and oxygen atoms in total. The third-order valence-electron chi connectivity index (χ3n) is 4.34. The van der Waals surface area contributed by atoms with Crippen molar-refractivity contribution in [1.82, 2.24) is 4.90 Å². The predicted molar refractivity (Wildman–Crippen MR) is 73.8 cm³/mol. The van der Waals surface area contributed by atoms with Gasteiger partial charge in [-0.05, 0) is 26.2 Å². The van der Waals surface area contributed by atoms with E-state index in [1.54, 1.807) is 7.11 Å². The van der Waals surface area contributed by atoms with Crippen LogP contribution in [-0.2, 0) is 9.53 Å². The highest BCUT2D eigenvalue weighted by Gasteiger charge is 2.41. The fourth-order valence-corrected chi connectivity index (χ4v) is 3.11. The lowest BCUT2D eigenvalue weighted by Gasteiger charge is -2.39. The SMILES string of the molecule is CO[C@@H]1CCN(C(=O)C2CCCCC2(C)N)C1.Cl. The predicted octanol–water partition coefficient (Wildman–Crippen LogP) is 1.56. The average molecular weight is 277 g/mol. The van der Waals surface area contributed by atoms with Gasteiger partial charge in [-0.1, -0.05) is 12.8 Å². The number of carbonyl (C=O) groups excluding carboxylic acids is 1. The summed E-state index contributed by atoms with van der Waals surface area (Å²) in [6, 6.07) is 0. The number of hydrogen-bond acceptors (Lipinski definition) is 3. The second kappa shape index (κ2) is 6.22. The maximum absolute atomic E-state index is 12.5. The van der Waals surface area contributed by atoms with Crippen molar-refractivity contribution in [2.24, 2.45) is 11.7 Å². The third-order valence-corrected chi connectivity index (χ3v) is 4.34. The number of hydrogen-bond donors (Lipinski definition) is 1. The highest BCUT2D eigenvalue weighted by Crippen LogP contribution is 2.33. The number of carbonyl (C=O) groups is 1. The molecule has 1 saturated carbocycles. The molecule has 5 heteroatoms. The summed E-state index contributed by atoms with van der Waals surface area (Å²) in [5.41, 5.74) is 5.96. The Labute approximate surface area is 116 Å². The fourth-order valence-electron chi connectivity index (χ4n) is 3.11. The maximum atomic E-state index is 12.5. The molecular formula is C13H25ClN2O2. The molecule has 1 saturated heterocycles. The Bertz CT molecular complexity index is 297. The molecule has 1 amide bonds. The van der Waals surface area contributed by atoms with Crippen LogP contribution in [0.2, 0.25) is 0 Å². The van der Waals surface area contributed by atoms with Gasteiger partial charge < -0.3 is 15.4 Å². The van der Waals surface area contributed by atoms with Crippen molar-refractivity contribution in [3.8, 4) is 0 Å². The summed E-state index contributed by atoms with van der Waals surface area (Å²) in [7, 11) is 1.71. The first-order valence-electron chi connectivity index (χ1n) is 6.65. The minimum Gasteiger partial charge on any atom is -0.380 e. The first kappa shape index (κ1) is 15.7. The van der Waals surface area contributed by atoms with E-state index in [0.717, 1.165) is 45.2 Å². The summed E-state index contributed by atoms with van der Waals surface area (Å²) in [6.07, 6.45) is 5.36. The Kier molecular flexibility index (Phi) is 5.44. The molecule has 1 aliphatic carbocycles. The van der Waals surface area contributed by atoms with Crippen LogP contribution in [0.15, 0.2) is 0 Å². The molecule has 0 spiro atoms. The number of halogens is 1. The minimum absolute atomic E-state index is 0. The topological polar surface area (TPSA) is 55.6 Å². The van der Waals surface area contributed by atoms with Crippen LogP contribution in [0.3, 0.4) is 0 Å². The highest BCUT2D eigenvalue weighted by molar-refractivity contribution is 5.85. The maximum Gasteiger partial charge on any atom is 0.227 e. The van der Waals surface area contributed by atoms with Gasteiger partial charge in [-0.25, -0.2) is 0 Å². The number of nitrogens with two attached hydrogens (primary N) is 1. The van der Waals surface area contributed by atoms with Crippen LogP contribution in [0.1, 0.15) is 39.0 Å². The molecule has 0 aromatic carbocycles. The quantitative estimate of drug-likeness (QED) is 0.833. The molecule has 2 unspecified atom stereocenters. The Morgan fingerprint density at radius 3 is 2.67 bits per heavy atom. The zero-order chi connectivity index (χ0) is 12.5. The van der Waals surface area contributed by atoms with Crippen molar-refractivity contribution in [2.45, 2.75) is 50.7 Å². The minimum atomic E-state index is -0.319. The second-order valence-electron chi connectivity index (χ2n) is 5.73. The standard InChI is InChI=1S/C13H24N2O2.ClH/c1-13(14)7-4-3-5-11(13)12(16)15-8-6-10(9-15)17-2;/h10-11H,3-9,14H2,1-2H3;1H/t10-,11?,13?;/m1./s1. The lowest BCUT2D eigenvalue weighted by atomic mass is 9.74. The summed E-state index contributed by atoms with van der Waals surface area (Å²) in [5.74, 6) is 0.251.